The van der Waals surface area contributed by atoms with E-state index >= 15 is 0 Å². The molecular formula is C14H21N3O2. The van der Waals surface area contributed by atoms with E-state index in [9.17, 15) is 9.59 Å². The van der Waals surface area contributed by atoms with E-state index in [1.54, 1.807) is 18.0 Å². The molecule has 1 aliphatic carbocycles. The molecule has 0 spiro atoms. The fourth-order valence-corrected chi connectivity index (χ4v) is 1.94. The fraction of sp³-hybridized carbons (Fsp3) is 0.643. The Kier molecular flexibility index (Phi) is 4.35. The summed E-state index contributed by atoms with van der Waals surface area (Å²) in [6.07, 6.45) is 4.30. The molecule has 1 aromatic rings. The van der Waals surface area contributed by atoms with Gasteiger partial charge in [0.25, 0.3) is 5.56 Å². The van der Waals surface area contributed by atoms with Crippen LogP contribution < -0.4 is 5.56 Å². The summed E-state index contributed by atoms with van der Waals surface area (Å²) in [5, 5.41) is 4.29. The highest BCUT2D eigenvalue weighted by atomic mass is 16.2. The van der Waals surface area contributed by atoms with Crippen molar-refractivity contribution in [2.45, 2.75) is 45.1 Å². The van der Waals surface area contributed by atoms with Crippen molar-refractivity contribution in [3.63, 3.8) is 0 Å². The van der Waals surface area contributed by atoms with E-state index in [1.807, 2.05) is 0 Å². The van der Waals surface area contributed by atoms with Gasteiger partial charge in [0.15, 0.2) is 0 Å². The van der Waals surface area contributed by atoms with Crippen LogP contribution in [0.3, 0.4) is 0 Å². The third-order valence-electron chi connectivity index (χ3n) is 3.44. The minimum absolute atomic E-state index is 0.0413. The van der Waals surface area contributed by atoms with Crippen molar-refractivity contribution < 1.29 is 4.79 Å². The van der Waals surface area contributed by atoms with Crippen LogP contribution in [0.4, 0.5) is 0 Å². The molecule has 19 heavy (non-hydrogen) atoms. The zero-order chi connectivity index (χ0) is 13.8. The lowest BCUT2D eigenvalue weighted by Gasteiger charge is -2.17. The van der Waals surface area contributed by atoms with E-state index in [4.69, 9.17) is 0 Å². The molecule has 0 aliphatic heterocycles. The van der Waals surface area contributed by atoms with Crippen LogP contribution in [0.2, 0.25) is 0 Å². The molecule has 1 aromatic heterocycles. The molecule has 0 radical (unpaired) electrons. The van der Waals surface area contributed by atoms with E-state index in [0.717, 1.165) is 37.9 Å². The molecule has 2 rings (SSSR count). The molecule has 1 heterocycles. The summed E-state index contributed by atoms with van der Waals surface area (Å²) in [5.41, 5.74) is 0.727. The SMILES string of the molecule is CCCCN(C)C(=O)Cn1nc(C2CC2)ccc1=O. The summed E-state index contributed by atoms with van der Waals surface area (Å²) in [5.74, 6) is 0.427. The van der Waals surface area contributed by atoms with Gasteiger partial charge in [0.05, 0.1) is 5.69 Å². The van der Waals surface area contributed by atoms with Crippen molar-refractivity contribution in [2.75, 3.05) is 13.6 Å². The highest BCUT2D eigenvalue weighted by Gasteiger charge is 2.25. The molecule has 5 nitrogen and oxygen atoms in total. The number of unbranched alkanes of at least 4 members (excludes halogenated alkanes) is 1. The van der Waals surface area contributed by atoms with E-state index in [1.165, 1.54) is 10.7 Å². The van der Waals surface area contributed by atoms with Crippen LogP contribution in [-0.4, -0.2) is 34.2 Å². The van der Waals surface area contributed by atoms with Crippen molar-refractivity contribution in [3.8, 4) is 0 Å². The maximum atomic E-state index is 12.0. The molecule has 104 valence electrons. The van der Waals surface area contributed by atoms with Crippen LogP contribution in [0, 0.1) is 0 Å². The van der Waals surface area contributed by atoms with Crippen molar-refractivity contribution in [1.82, 2.24) is 14.7 Å². The van der Waals surface area contributed by atoms with Crippen molar-refractivity contribution in [3.05, 3.63) is 28.2 Å². The van der Waals surface area contributed by atoms with E-state index in [-0.39, 0.29) is 18.0 Å². The molecule has 0 unspecified atom stereocenters. The lowest BCUT2D eigenvalue weighted by molar-refractivity contribution is -0.130. The number of hydrogen-bond acceptors (Lipinski definition) is 3. The largest absolute Gasteiger partial charge is 0.344 e. The number of nitrogens with zero attached hydrogens (tertiary/aromatic N) is 3. The van der Waals surface area contributed by atoms with Gasteiger partial charge in [-0.15, -0.1) is 0 Å². The quantitative estimate of drug-likeness (QED) is 0.779. The summed E-state index contributed by atoms with van der Waals surface area (Å²) in [6.45, 7) is 2.86. The zero-order valence-corrected chi connectivity index (χ0v) is 11.6. The van der Waals surface area contributed by atoms with Crippen LogP contribution in [0.1, 0.15) is 44.2 Å². The highest BCUT2D eigenvalue weighted by Crippen LogP contribution is 2.38. The molecule has 1 amide bonds. The zero-order valence-electron chi connectivity index (χ0n) is 11.6. The minimum atomic E-state index is -0.207. The van der Waals surface area contributed by atoms with Gasteiger partial charge in [-0.25, -0.2) is 4.68 Å². The Morgan fingerprint density at radius 1 is 1.47 bits per heavy atom. The Morgan fingerprint density at radius 3 is 2.84 bits per heavy atom. The molecule has 1 saturated carbocycles. The summed E-state index contributed by atoms with van der Waals surface area (Å²) in [6, 6.07) is 3.29. The number of carbonyl (C=O) groups is 1. The molecule has 0 saturated heterocycles. The van der Waals surface area contributed by atoms with Crippen LogP contribution in [0.15, 0.2) is 16.9 Å². The molecule has 1 fully saturated rings. The first-order valence-corrected chi connectivity index (χ1v) is 6.94. The Labute approximate surface area is 113 Å². The van der Waals surface area contributed by atoms with E-state index in [0.29, 0.717) is 5.92 Å². The van der Waals surface area contributed by atoms with Crippen LogP contribution in [0.5, 0.6) is 0 Å². The summed E-state index contributed by atoms with van der Waals surface area (Å²) < 4.78 is 1.29. The number of rotatable bonds is 6. The van der Waals surface area contributed by atoms with Gasteiger partial charge < -0.3 is 4.90 Å². The molecule has 0 atom stereocenters. The minimum Gasteiger partial charge on any atom is -0.344 e. The van der Waals surface area contributed by atoms with Gasteiger partial charge in [-0.3, -0.25) is 9.59 Å². The van der Waals surface area contributed by atoms with Crippen molar-refractivity contribution >= 4 is 5.91 Å². The van der Waals surface area contributed by atoms with Gasteiger partial charge in [0.2, 0.25) is 5.91 Å². The van der Waals surface area contributed by atoms with Gasteiger partial charge in [-0.05, 0) is 25.3 Å². The van der Waals surface area contributed by atoms with Crippen LogP contribution in [0.25, 0.3) is 0 Å². The van der Waals surface area contributed by atoms with Crippen molar-refractivity contribution in [1.29, 1.82) is 0 Å². The lowest BCUT2D eigenvalue weighted by Crippen LogP contribution is -2.35. The van der Waals surface area contributed by atoms with Crippen LogP contribution in [-0.2, 0) is 11.3 Å². The molecule has 0 bridgehead atoms. The molecular weight excluding hydrogens is 242 g/mol. The Hall–Kier alpha value is -1.65. The average molecular weight is 263 g/mol. The summed E-state index contributed by atoms with van der Waals surface area (Å²) in [4.78, 5) is 25.4. The number of likely N-dealkylation sites (N-methyl/N-ethyl adjacent to an activating group) is 1. The number of carbonyl (C=O) groups excluding carboxylic acids is 1. The maximum Gasteiger partial charge on any atom is 0.267 e. The van der Waals surface area contributed by atoms with E-state index in [2.05, 4.69) is 12.0 Å². The smallest absolute Gasteiger partial charge is 0.267 e. The first-order valence-electron chi connectivity index (χ1n) is 6.94. The van der Waals surface area contributed by atoms with Crippen LogP contribution >= 0.6 is 0 Å². The second kappa shape index (κ2) is 5.99. The predicted octanol–water partition coefficient (Wildman–Crippen LogP) is 1.38. The standard InChI is InChI=1S/C14H21N3O2/c1-3-4-9-16(2)14(19)10-17-13(18)8-7-12(15-17)11-5-6-11/h7-8,11H,3-6,9-10H2,1-2H3. The second-order valence-corrected chi connectivity index (χ2v) is 5.20. The number of amides is 1. The average Bonchev–Trinajstić information content (AvgIpc) is 3.22. The summed E-state index contributed by atoms with van der Waals surface area (Å²) >= 11 is 0. The third kappa shape index (κ3) is 3.66. The summed E-state index contributed by atoms with van der Waals surface area (Å²) in [7, 11) is 1.77. The molecule has 1 aliphatic rings. The van der Waals surface area contributed by atoms with Crippen molar-refractivity contribution in [2.24, 2.45) is 0 Å². The topological polar surface area (TPSA) is 55.2 Å². The van der Waals surface area contributed by atoms with Gasteiger partial charge in [0, 0.05) is 25.6 Å². The predicted molar refractivity (Wildman–Crippen MR) is 73.0 cm³/mol. The molecule has 5 heteroatoms. The first kappa shape index (κ1) is 13.8. The Morgan fingerprint density at radius 2 is 2.21 bits per heavy atom. The van der Waals surface area contributed by atoms with Gasteiger partial charge in [-0.1, -0.05) is 13.3 Å². The monoisotopic (exact) mass is 263 g/mol. The number of aromatic nitrogens is 2. The highest BCUT2D eigenvalue weighted by molar-refractivity contribution is 5.75. The van der Waals surface area contributed by atoms with E-state index < -0.39 is 0 Å². The first-order chi connectivity index (χ1) is 9.11. The lowest BCUT2D eigenvalue weighted by atomic mass is 10.3. The second-order valence-electron chi connectivity index (χ2n) is 5.20. The third-order valence-corrected chi connectivity index (χ3v) is 3.44. The fourth-order valence-electron chi connectivity index (χ4n) is 1.94. The Bertz CT molecular complexity index is 506. The number of hydrogen-bond donors (Lipinski definition) is 0. The van der Waals surface area contributed by atoms with Gasteiger partial charge in [0.1, 0.15) is 6.54 Å². The Balaban J connectivity index is 2.03. The normalized spacial score (nSPS) is 14.4. The maximum absolute atomic E-state index is 12.0. The molecule has 0 aromatic carbocycles. The van der Waals surface area contributed by atoms with Gasteiger partial charge >= 0.3 is 0 Å². The molecule has 0 N–H and O–H groups in total. The van der Waals surface area contributed by atoms with Gasteiger partial charge in [-0.2, -0.15) is 5.10 Å².